The van der Waals surface area contributed by atoms with Crippen LogP contribution in [0.1, 0.15) is 17.8 Å². The number of rotatable bonds is 5. The summed E-state index contributed by atoms with van der Waals surface area (Å²) in [6.45, 7) is 3.83. The first-order valence-electron chi connectivity index (χ1n) is 6.69. The van der Waals surface area contributed by atoms with Gasteiger partial charge in [0.25, 0.3) is 5.69 Å². The molecule has 0 spiro atoms. The minimum absolute atomic E-state index is 0.0916. The summed E-state index contributed by atoms with van der Waals surface area (Å²) in [5.41, 5.74) is 1.56. The van der Waals surface area contributed by atoms with E-state index in [0.29, 0.717) is 5.69 Å². The highest BCUT2D eigenvalue weighted by molar-refractivity contribution is 5.90. The van der Waals surface area contributed by atoms with Crippen LogP contribution in [0.2, 0.25) is 0 Å². The third-order valence-corrected chi connectivity index (χ3v) is 3.39. The van der Waals surface area contributed by atoms with E-state index < -0.39 is 4.92 Å². The van der Waals surface area contributed by atoms with Gasteiger partial charge in [-0.2, -0.15) is 0 Å². The number of anilines is 1. The van der Waals surface area contributed by atoms with Crippen LogP contribution in [-0.2, 0) is 11.3 Å². The molecule has 1 aromatic heterocycles. The summed E-state index contributed by atoms with van der Waals surface area (Å²) in [6.07, 6.45) is 0.0979. The molecule has 8 heteroatoms. The van der Waals surface area contributed by atoms with Crippen molar-refractivity contribution in [2.24, 2.45) is 0 Å². The molecular formula is C14H16N4O4. The molecule has 2 N–H and O–H groups in total. The Morgan fingerprint density at radius 2 is 2.14 bits per heavy atom. The second kappa shape index (κ2) is 6.25. The SMILES string of the molecule is Cc1[nH]c(=O)n(CCC(=O)Nc2cccc([N+](=O)[O-])c2)c1C. The van der Waals surface area contributed by atoms with Crippen LogP contribution >= 0.6 is 0 Å². The lowest BCUT2D eigenvalue weighted by Crippen LogP contribution is -2.22. The molecule has 1 aromatic carbocycles. The predicted molar refractivity (Wildman–Crippen MR) is 80.9 cm³/mol. The highest BCUT2D eigenvalue weighted by Gasteiger charge is 2.11. The fraction of sp³-hybridized carbons (Fsp3) is 0.286. The van der Waals surface area contributed by atoms with Gasteiger partial charge in [0.15, 0.2) is 0 Å². The molecule has 0 saturated carbocycles. The molecule has 1 amide bonds. The van der Waals surface area contributed by atoms with Gasteiger partial charge in [-0.3, -0.25) is 19.5 Å². The zero-order chi connectivity index (χ0) is 16.3. The highest BCUT2D eigenvalue weighted by atomic mass is 16.6. The maximum atomic E-state index is 11.9. The van der Waals surface area contributed by atoms with Crippen LogP contribution in [0, 0.1) is 24.0 Å². The summed E-state index contributed by atoms with van der Waals surface area (Å²) in [5, 5.41) is 13.3. The van der Waals surface area contributed by atoms with Crippen LogP contribution in [0.3, 0.4) is 0 Å². The van der Waals surface area contributed by atoms with Gasteiger partial charge in [0.1, 0.15) is 0 Å². The van der Waals surface area contributed by atoms with Crippen LogP contribution in [0.4, 0.5) is 11.4 Å². The molecule has 116 valence electrons. The van der Waals surface area contributed by atoms with Gasteiger partial charge in [-0.15, -0.1) is 0 Å². The van der Waals surface area contributed by atoms with E-state index in [1.54, 1.807) is 19.9 Å². The van der Waals surface area contributed by atoms with Crippen LogP contribution < -0.4 is 11.0 Å². The number of H-pyrrole nitrogens is 1. The van der Waals surface area contributed by atoms with E-state index in [4.69, 9.17) is 0 Å². The number of nitro benzene ring substituents is 1. The Hall–Kier alpha value is -2.90. The fourth-order valence-corrected chi connectivity index (χ4v) is 2.08. The first-order chi connectivity index (χ1) is 10.4. The Balaban J connectivity index is 2.00. The summed E-state index contributed by atoms with van der Waals surface area (Å²) in [7, 11) is 0. The number of imidazole rings is 1. The lowest BCUT2D eigenvalue weighted by molar-refractivity contribution is -0.384. The molecule has 0 aliphatic heterocycles. The van der Waals surface area contributed by atoms with Gasteiger partial charge in [-0.05, 0) is 19.9 Å². The number of non-ortho nitro benzene ring substituents is 1. The Bertz CT molecular complexity index is 775. The first kappa shape index (κ1) is 15.5. The standard InChI is InChI=1S/C14H16N4O4/c1-9-10(2)17(14(20)15-9)7-6-13(19)16-11-4-3-5-12(8-11)18(21)22/h3-5,8H,6-7H2,1-2H3,(H,15,20)(H,16,19). The maximum absolute atomic E-state index is 11.9. The second-order valence-corrected chi connectivity index (χ2v) is 4.90. The zero-order valence-corrected chi connectivity index (χ0v) is 12.3. The normalized spacial score (nSPS) is 10.5. The average Bonchev–Trinajstić information content (AvgIpc) is 2.70. The highest BCUT2D eigenvalue weighted by Crippen LogP contribution is 2.17. The third-order valence-electron chi connectivity index (χ3n) is 3.39. The van der Waals surface area contributed by atoms with Crippen LogP contribution in [0.25, 0.3) is 0 Å². The second-order valence-electron chi connectivity index (χ2n) is 4.90. The summed E-state index contributed by atoms with van der Waals surface area (Å²) < 4.78 is 1.49. The van der Waals surface area contributed by atoms with Crippen molar-refractivity contribution in [1.82, 2.24) is 9.55 Å². The minimum Gasteiger partial charge on any atom is -0.326 e. The molecule has 0 bridgehead atoms. The molecule has 1 heterocycles. The number of aromatic amines is 1. The van der Waals surface area contributed by atoms with Crippen molar-refractivity contribution in [3.8, 4) is 0 Å². The number of aromatic nitrogens is 2. The van der Waals surface area contributed by atoms with Gasteiger partial charge in [0.05, 0.1) is 4.92 Å². The molecule has 8 nitrogen and oxygen atoms in total. The Labute approximate surface area is 125 Å². The lowest BCUT2D eigenvalue weighted by Gasteiger charge is -2.06. The molecule has 0 unspecified atom stereocenters. The van der Waals surface area contributed by atoms with Crippen molar-refractivity contribution in [3.63, 3.8) is 0 Å². The van der Waals surface area contributed by atoms with Crippen molar-refractivity contribution < 1.29 is 9.72 Å². The van der Waals surface area contributed by atoms with Crippen molar-refractivity contribution >= 4 is 17.3 Å². The van der Waals surface area contributed by atoms with E-state index in [1.807, 2.05) is 0 Å². The largest absolute Gasteiger partial charge is 0.326 e. The summed E-state index contributed by atoms with van der Waals surface area (Å²) in [5.74, 6) is -0.314. The van der Waals surface area contributed by atoms with E-state index in [-0.39, 0.29) is 30.2 Å². The summed E-state index contributed by atoms with van der Waals surface area (Å²) in [6, 6.07) is 5.71. The van der Waals surface area contributed by atoms with Gasteiger partial charge in [-0.25, -0.2) is 4.79 Å². The number of carbonyl (C=O) groups is 1. The number of nitrogens with one attached hydrogen (secondary N) is 2. The van der Waals surface area contributed by atoms with Gasteiger partial charge in [-0.1, -0.05) is 6.07 Å². The van der Waals surface area contributed by atoms with Crippen molar-refractivity contribution in [2.45, 2.75) is 26.8 Å². The Morgan fingerprint density at radius 3 is 2.73 bits per heavy atom. The smallest absolute Gasteiger partial charge is 0.325 e. The fourth-order valence-electron chi connectivity index (χ4n) is 2.08. The average molecular weight is 304 g/mol. The zero-order valence-electron chi connectivity index (χ0n) is 12.3. The maximum Gasteiger partial charge on any atom is 0.325 e. The van der Waals surface area contributed by atoms with E-state index in [1.165, 1.54) is 22.8 Å². The van der Waals surface area contributed by atoms with Crippen LogP contribution in [0.15, 0.2) is 29.1 Å². The van der Waals surface area contributed by atoms with Crippen LogP contribution in [-0.4, -0.2) is 20.4 Å². The number of benzene rings is 1. The molecule has 0 aliphatic rings. The van der Waals surface area contributed by atoms with E-state index in [9.17, 15) is 19.7 Å². The van der Waals surface area contributed by atoms with E-state index in [2.05, 4.69) is 10.3 Å². The number of carbonyl (C=O) groups excluding carboxylic acids is 1. The molecule has 0 radical (unpaired) electrons. The van der Waals surface area contributed by atoms with E-state index >= 15 is 0 Å². The van der Waals surface area contributed by atoms with Gasteiger partial charge < -0.3 is 10.3 Å². The number of amides is 1. The third kappa shape index (κ3) is 3.40. The number of hydrogen-bond acceptors (Lipinski definition) is 4. The molecule has 22 heavy (non-hydrogen) atoms. The van der Waals surface area contributed by atoms with Gasteiger partial charge in [0.2, 0.25) is 5.91 Å². The number of hydrogen-bond donors (Lipinski definition) is 2. The quantitative estimate of drug-likeness (QED) is 0.647. The molecule has 2 aromatic rings. The van der Waals surface area contributed by atoms with Crippen molar-refractivity contribution in [3.05, 3.63) is 56.3 Å². The monoisotopic (exact) mass is 304 g/mol. The summed E-state index contributed by atoms with van der Waals surface area (Å²) >= 11 is 0. The van der Waals surface area contributed by atoms with Gasteiger partial charge in [0, 0.05) is 42.2 Å². The molecule has 0 saturated heterocycles. The lowest BCUT2D eigenvalue weighted by atomic mass is 10.2. The molecule has 0 fully saturated rings. The number of aryl methyl sites for hydroxylation is 1. The van der Waals surface area contributed by atoms with Crippen molar-refractivity contribution in [1.29, 1.82) is 0 Å². The minimum atomic E-state index is -0.527. The molecule has 0 aliphatic carbocycles. The Kier molecular flexibility index (Phi) is 4.40. The molecule has 0 atom stereocenters. The van der Waals surface area contributed by atoms with Gasteiger partial charge >= 0.3 is 5.69 Å². The van der Waals surface area contributed by atoms with E-state index in [0.717, 1.165) is 11.4 Å². The topological polar surface area (TPSA) is 110 Å². The number of nitrogens with zero attached hydrogens (tertiary/aromatic N) is 2. The molecule has 2 rings (SSSR count). The molecular weight excluding hydrogens is 288 g/mol. The summed E-state index contributed by atoms with van der Waals surface area (Å²) in [4.78, 5) is 36.4. The number of nitro groups is 1. The van der Waals surface area contributed by atoms with Crippen LogP contribution in [0.5, 0.6) is 0 Å². The predicted octanol–water partition coefficient (Wildman–Crippen LogP) is 1.73. The van der Waals surface area contributed by atoms with Crippen molar-refractivity contribution in [2.75, 3.05) is 5.32 Å². The Morgan fingerprint density at radius 1 is 1.41 bits per heavy atom. The first-order valence-corrected chi connectivity index (χ1v) is 6.69.